The van der Waals surface area contributed by atoms with E-state index < -0.39 is 28.0 Å². The van der Waals surface area contributed by atoms with E-state index in [1.807, 2.05) is 0 Å². The lowest BCUT2D eigenvalue weighted by molar-refractivity contribution is -0.385. The van der Waals surface area contributed by atoms with Crippen LogP contribution in [0.25, 0.3) is 6.08 Å². The van der Waals surface area contributed by atoms with E-state index in [1.54, 1.807) is 67.6 Å². The molecule has 4 aromatic rings. The monoisotopic (exact) mass is 644 g/mol. The van der Waals surface area contributed by atoms with Crippen molar-refractivity contribution in [2.75, 3.05) is 10.6 Å². The zero-order valence-electron chi connectivity index (χ0n) is 23.5. The molecule has 0 saturated heterocycles. The molecule has 45 heavy (non-hydrogen) atoms. The molecule has 0 radical (unpaired) electrons. The summed E-state index contributed by atoms with van der Waals surface area (Å²) in [5, 5.41) is 28.2. The summed E-state index contributed by atoms with van der Waals surface area (Å²) in [7, 11) is 0. The molecular weight excluding hydrogens is 620 g/mol. The number of nitro benzene ring substituents is 1. The SMILES string of the molecule is CC(Sc1ccc(NC(=O)/C(=C/c2ccccc2[N+](=O)[O-])NC(=O)c2ccccc2)cc1)C(=O)Nc1ccc(Cl)c(C(=O)O)c1. The number of halogens is 1. The Morgan fingerprint density at radius 3 is 2.20 bits per heavy atom. The first kappa shape index (κ1) is 32.5. The predicted molar refractivity (Wildman–Crippen MR) is 172 cm³/mol. The summed E-state index contributed by atoms with van der Waals surface area (Å²) >= 11 is 7.12. The average molecular weight is 645 g/mol. The summed E-state index contributed by atoms with van der Waals surface area (Å²) in [6.45, 7) is 1.68. The molecule has 228 valence electrons. The van der Waals surface area contributed by atoms with Gasteiger partial charge < -0.3 is 21.1 Å². The minimum atomic E-state index is -1.21. The molecule has 0 heterocycles. The fraction of sp³-hybridized carbons (Fsp3) is 0.0625. The van der Waals surface area contributed by atoms with Gasteiger partial charge in [-0.1, -0.05) is 41.9 Å². The van der Waals surface area contributed by atoms with Crippen LogP contribution in [-0.2, 0) is 9.59 Å². The molecule has 0 aliphatic carbocycles. The molecule has 0 bridgehead atoms. The zero-order chi connectivity index (χ0) is 32.5. The van der Waals surface area contributed by atoms with Crippen molar-refractivity contribution in [1.82, 2.24) is 5.32 Å². The van der Waals surface area contributed by atoms with Gasteiger partial charge >= 0.3 is 5.97 Å². The quantitative estimate of drug-likeness (QED) is 0.0623. The number of thioether (sulfide) groups is 1. The number of carboxylic acids is 1. The van der Waals surface area contributed by atoms with Crippen molar-refractivity contribution >= 4 is 70.2 Å². The highest BCUT2D eigenvalue weighted by atomic mass is 35.5. The van der Waals surface area contributed by atoms with E-state index in [1.165, 1.54) is 54.2 Å². The molecule has 0 aliphatic heterocycles. The highest BCUT2D eigenvalue weighted by molar-refractivity contribution is 8.00. The number of anilines is 2. The Balaban J connectivity index is 1.46. The van der Waals surface area contributed by atoms with E-state index in [0.29, 0.717) is 10.6 Å². The van der Waals surface area contributed by atoms with Crippen molar-refractivity contribution in [3.63, 3.8) is 0 Å². The number of carboxylic acid groups (broad SMARTS) is 1. The maximum absolute atomic E-state index is 13.3. The van der Waals surface area contributed by atoms with E-state index in [-0.39, 0.29) is 44.7 Å². The van der Waals surface area contributed by atoms with Gasteiger partial charge in [0.2, 0.25) is 5.91 Å². The molecule has 3 amide bonds. The van der Waals surface area contributed by atoms with Crippen LogP contribution < -0.4 is 16.0 Å². The van der Waals surface area contributed by atoms with Crippen LogP contribution in [0.4, 0.5) is 17.1 Å². The van der Waals surface area contributed by atoms with Crippen LogP contribution in [0, 0.1) is 10.1 Å². The summed E-state index contributed by atoms with van der Waals surface area (Å²) in [6, 6.07) is 24.8. The number of hydrogen-bond donors (Lipinski definition) is 4. The van der Waals surface area contributed by atoms with Gasteiger partial charge in [0, 0.05) is 27.9 Å². The molecule has 0 aliphatic rings. The smallest absolute Gasteiger partial charge is 0.337 e. The number of benzene rings is 4. The fourth-order valence-electron chi connectivity index (χ4n) is 3.96. The summed E-state index contributed by atoms with van der Waals surface area (Å²) < 4.78 is 0. The number of hydrogen-bond acceptors (Lipinski definition) is 7. The normalized spacial score (nSPS) is 11.6. The third-order valence-electron chi connectivity index (χ3n) is 6.22. The van der Waals surface area contributed by atoms with Crippen molar-refractivity contribution in [2.24, 2.45) is 0 Å². The molecule has 4 N–H and O–H groups in total. The van der Waals surface area contributed by atoms with E-state index in [9.17, 15) is 34.4 Å². The van der Waals surface area contributed by atoms with Crippen molar-refractivity contribution in [1.29, 1.82) is 0 Å². The van der Waals surface area contributed by atoms with E-state index in [4.69, 9.17) is 11.6 Å². The topological polar surface area (TPSA) is 168 Å². The Morgan fingerprint density at radius 1 is 0.889 bits per heavy atom. The number of amides is 3. The minimum absolute atomic E-state index is 0.0534. The number of nitro groups is 1. The van der Waals surface area contributed by atoms with Crippen LogP contribution in [0.3, 0.4) is 0 Å². The summed E-state index contributed by atoms with van der Waals surface area (Å²) in [5.41, 5.74) is 0.481. The lowest BCUT2D eigenvalue weighted by atomic mass is 10.1. The fourth-order valence-corrected chi connectivity index (χ4v) is 5.02. The van der Waals surface area contributed by atoms with Gasteiger partial charge in [0.15, 0.2) is 0 Å². The first-order valence-corrected chi connectivity index (χ1v) is 14.5. The molecule has 13 heteroatoms. The molecule has 0 fully saturated rings. The third kappa shape index (κ3) is 8.78. The second kappa shape index (κ2) is 14.8. The van der Waals surface area contributed by atoms with Crippen molar-refractivity contribution in [3.05, 3.63) is 135 Å². The highest BCUT2D eigenvalue weighted by Crippen LogP contribution is 2.27. The Morgan fingerprint density at radius 2 is 1.53 bits per heavy atom. The standard InChI is InChI=1S/C32H25ClN4O7S/c1-19(29(38)35-23-13-16-26(33)25(18-23)32(41)42)45-24-14-11-22(12-15-24)34-31(40)27(36-30(39)20-7-3-2-4-8-20)17-21-9-5-6-10-28(21)37(43)44/h2-19H,1H3,(H,34,40)(H,35,38)(H,36,39)(H,41,42)/b27-17-. The summed E-state index contributed by atoms with van der Waals surface area (Å²) in [5.74, 6) is -2.87. The van der Waals surface area contributed by atoms with Gasteiger partial charge in [0.25, 0.3) is 17.5 Å². The van der Waals surface area contributed by atoms with Crippen LogP contribution in [0.15, 0.2) is 108 Å². The highest BCUT2D eigenvalue weighted by Gasteiger charge is 2.20. The maximum Gasteiger partial charge on any atom is 0.337 e. The Kier molecular flexibility index (Phi) is 10.7. The van der Waals surface area contributed by atoms with Crippen LogP contribution in [0.5, 0.6) is 0 Å². The van der Waals surface area contributed by atoms with Gasteiger partial charge in [0.05, 0.1) is 26.3 Å². The molecule has 1 atom stereocenters. The Labute approximate surface area is 266 Å². The van der Waals surface area contributed by atoms with Crippen LogP contribution in [0.2, 0.25) is 5.02 Å². The largest absolute Gasteiger partial charge is 0.478 e. The van der Waals surface area contributed by atoms with E-state index in [0.717, 1.165) is 0 Å². The van der Waals surface area contributed by atoms with Crippen molar-refractivity contribution in [3.8, 4) is 0 Å². The van der Waals surface area contributed by atoms with Crippen LogP contribution in [-0.4, -0.2) is 39.0 Å². The van der Waals surface area contributed by atoms with E-state index in [2.05, 4.69) is 16.0 Å². The number of para-hydroxylation sites is 1. The number of carbonyl (C=O) groups is 4. The molecule has 0 aromatic heterocycles. The van der Waals surface area contributed by atoms with Crippen LogP contribution in [0.1, 0.15) is 33.2 Å². The zero-order valence-corrected chi connectivity index (χ0v) is 25.1. The minimum Gasteiger partial charge on any atom is -0.478 e. The molecule has 1 unspecified atom stereocenters. The first-order chi connectivity index (χ1) is 21.5. The van der Waals surface area contributed by atoms with Gasteiger partial charge in [-0.3, -0.25) is 24.5 Å². The molecule has 0 spiro atoms. The first-order valence-electron chi connectivity index (χ1n) is 13.2. The molecule has 0 saturated carbocycles. The predicted octanol–water partition coefficient (Wildman–Crippen LogP) is 6.48. The molecular formula is C32H25ClN4O7S. The lowest BCUT2D eigenvalue weighted by Gasteiger charge is -2.14. The van der Waals surface area contributed by atoms with Crippen molar-refractivity contribution in [2.45, 2.75) is 17.1 Å². The number of nitrogens with zero attached hydrogens (tertiary/aromatic N) is 1. The van der Waals surface area contributed by atoms with E-state index >= 15 is 0 Å². The Hall–Kier alpha value is -5.46. The van der Waals surface area contributed by atoms with Gasteiger partial charge in [-0.15, -0.1) is 11.8 Å². The number of nitrogens with one attached hydrogen (secondary N) is 3. The lowest BCUT2D eigenvalue weighted by Crippen LogP contribution is -2.30. The number of rotatable bonds is 11. The number of aromatic carboxylic acids is 1. The molecule has 4 rings (SSSR count). The van der Waals surface area contributed by atoms with Gasteiger partial charge in [-0.2, -0.15) is 0 Å². The third-order valence-corrected chi connectivity index (χ3v) is 7.66. The number of carbonyl (C=O) groups excluding carboxylic acids is 3. The van der Waals surface area contributed by atoms with Gasteiger partial charge in [0.1, 0.15) is 5.70 Å². The molecule has 4 aromatic carbocycles. The van der Waals surface area contributed by atoms with Crippen molar-refractivity contribution < 1.29 is 29.2 Å². The molecule has 11 nitrogen and oxygen atoms in total. The van der Waals surface area contributed by atoms with Gasteiger partial charge in [-0.05, 0) is 73.7 Å². The average Bonchev–Trinajstić information content (AvgIpc) is 3.02. The summed E-state index contributed by atoms with van der Waals surface area (Å²) in [4.78, 5) is 61.9. The Bertz CT molecular complexity index is 1800. The second-order valence-corrected chi connectivity index (χ2v) is 11.2. The summed E-state index contributed by atoms with van der Waals surface area (Å²) in [6.07, 6.45) is 1.24. The maximum atomic E-state index is 13.3. The van der Waals surface area contributed by atoms with Crippen LogP contribution >= 0.6 is 23.4 Å². The van der Waals surface area contributed by atoms with Gasteiger partial charge in [-0.25, -0.2) is 4.79 Å². The second-order valence-electron chi connectivity index (χ2n) is 9.42.